The van der Waals surface area contributed by atoms with Gasteiger partial charge in [0.05, 0.1) is 6.61 Å². The first kappa shape index (κ1) is 17.3. The van der Waals surface area contributed by atoms with Gasteiger partial charge in [0.1, 0.15) is 5.75 Å². The lowest BCUT2D eigenvalue weighted by Gasteiger charge is -2.26. The molecule has 1 aromatic rings. The second-order valence-electron chi connectivity index (χ2n) is 6.08. The Morgan fingerprint density at radius 3 is 2.73 bits per heavy atom. The number of nitrogens with one attached hydrogen (secondary N) is 1. The first-order valence-corrected chi connectivity index (χ1v) is 8.73. The molecule has 0 radical (unpaired) electrons. The van der Waals surface area contributed by atoms with Gasteiger partial charge in [0.15, 0.2) is 0 Å². The Kier molecular flexibility index (Phi) is 8.31. The van der Waals surface area contributed by atoms with E-state index in [0.29, 0.717) is 0 Å². The van der Waals surface area contributed by atoms with Gasteiger partial charge in [-0.15, -0.1) is 0 Å². The van der Waals surface area contributed by atoms with Crippen LogP contribution in [0.4, 0.5) is 0 Å². The number of likely N-dealkylation sites (tertiary alicyclic amines) is 1. The molecule has 0 spiro atoms. The van der Waals surface area contributed by atoms with Crippen LogP contribution >= 0.6 is 0 Å². The number of piperidine rings is 1. The van der Waals surface area contributed by atoms with Gasteiger partial charge in [0.2, 0.25) is 0 Å². The van der Waals surface area contributed by atoms with Crippen molar-refractivity contribution in [1.29, 1.82) is 0 Å². The summed E-state index contributed by atoms with van der Waals surface area (Å²) in [5.74, 6) is 0.997. The summed E-state index contributed by atoms with van der Waals surface area (Å²) in [6.07, 6.45) is 6.14. The SMILES string of the molecule is NCCCNCCCOc1cccc(CN2CCCCC2)c1. The Bertz CT molecular complexity index is 405. The topological polar surface area (TPSA) is 50.5 Å². The number of hydrogen-bond acceptors (Lipinski definition) is 4. The van der Waals surface area contributed by atoms with Crippen molar-refractivity contribution in [3.05, 3.63) is 29.8 Å². The number of rotatable bonds is 10. The molecule has 0 bridgehead atoms. The molecule has 124 valence electrons. The molecule has 3 N–H and O–H groups in total. The van der Waals surface area contributed by atoms with E-state index in [1.807, 2.05) is 0 Å². The molecule has 1 fully saturated rings. The lowest BCUT2D eigenvalue weighted by molar-refractivity contribution is 0.220. The summed E-state index contributed by atoms with van der Waals surface area (Å²) in [6, 6.07) is 8.56. The molecule has 0 atom stereocenters. The zero-order valence-electron chi connectivity index (χ0n) is 13.7. The van der Waals surface area contributed by atoms with Gasteiger partial charge in [-0.2, -0.15) is 0 Å². The Balaban J connectivity index is 1.65. The third-order valence-electron chi connectivity index (χ3n) is 4.08. The molecule has 2 rings (SSSR count). The van der Waals surface area contributed by atoms with Gasteiger partial charge in [0, 0.05) is 6.54 Å². The zero-order valence-corrected chi connectivity index (χ0v) is 13.7. The molecule has 4 heteroatoms. The van der Waals surface area contributed by atoms with Gasteiger partial charge in [0.25, 0.3) is 0 Å². The van der Waals surface area contributed by atoms with Crippen LogP contribution in [0.25, 0.3) is 0 Å². The summed E-state index contributed by atoms with van der Waals surface area (Å²) in [4.78, 5) is 2.55. The van der Waals surface area contributed by atoms with Crippen LogP contribution in [0.3, 0.4) is 0 Å². The molecule has 0 saturated carbocycles. The molecule has 1 aliphatic heterocycles. The molecule has 0 aromatic heterocycles. The van der Waals surface area contributed by atoms with Crippen LogP contribution in [-0.4, -0.2) is 44.2 Å². The van der Waals surface area contributed by atoms with Gasteiger partial charge in [-0.05, 0) is 76.1 Å². The van der Waals surface area contributed by atoms with Crippen molar-refractivity contribution in [2.45, 2.75) is 38.6 Å². The predicted octanol–water partition coefficient (Wildman–Crippen LogP) is 2.38. The van der Waals surface area contributed by atoms with E-state index >= 15 is 0 Å². The van der Waals surface area contributed by atoms with Crippen LogP contribution in [0, 0.1) is 0 Å². The highest BCUT2D eigenvalue weighted by Gasteiger charge is 2.10. The summed E-state index contributed by atoms with van der Waals surface area (Å²) in [6.45, 7) is 7.04. The largest absolute Gasteiger partial charge is 0.494 e. The number of benzene rings is 1. The quantitative estimate of drug-likeness (QED) is 0.652. The molecule has 0 amide bonds. The number of nitrogens with two attached hydrogens (primary N) is 1. The molecular weight excluding hydrogens is 274 g/mol. The van der Waals surface area contributed by atoms with Crippen LogP contribution in [0.1, 0.15) is 37.7 Å². The van der Waals surface area contributed by atoms with Crippen molar-refractivity contribution in [1.82, 2.24) is 10.2 Å². The van der Waals surface area contributed by atoms with E-state index in [2.05, 4.69) is 34.5 Å². The van der Waals surface area contributed by atoms with Gasteiger partial charge in [-0.3, -0.25) is 4.90 Å². The minimum Gasteiger partial charge on any atom is -0.494 e. The molecule has 1 heterocycles. The van der Waals surface area contributed by atoms with Crippen LogP contribution in [0.15, 0.2) is 24.3 Å². The summed E-state index contributed by atoms with van der Waals surface area (Å²) in [5, 5.41) is 3.37. The number of ether oxygens (including phenoxy) is 1. The van der Waals surface area contributed by atoms with E-state index in [9.17, 15) is 0 Å². The highest BCUT2D eigenvalue weighted by atomic mass is 16.5. The number of nitrogens with zero attached hydrogens (tertiary/aromatic N) is 1. The lowest BCUT2D eigenvalue weighted by Crippen LogP contribution is -2.29. The third kappa shape index (κ3) is 6.77. The fourth-order valence-electron chi connectivity index (χ4n) is 2.85. The Hall–Kier alpha value is -1.10. The van der Waals surface area contributed by atoms with Crippen LogP contribution in [0.2, 0.25) is 0 Å². The van der Waals surface area contributed by atoms with E-state index < -0.39 is 0 Å². The van der Waals surface area contributed by atoms with E-state index in [4.69, 9.17) is 10.5 Å². The van der Waals surface area contributed by atoms with Crippen LogP contribution in [-0.2, 0) is 6.54 Å². The van der Waals surface area contributed by atoms with E-state index in [0.717, 1.165) is 51.4 Å². The predicted molar refractivity (Wildman–Crippen MR) is 92.2 cm³/mol. The molecule has 0 unspecified atom stereocenters. The van der Waals surface area contributed by atoms with Crippen molar-refractivity contribution in [2.24, 2.45) is 5.73 Å². The zero-order chi connectivity index (χ0) is 15.5. The second kappa shape index (κ2) is 10.6. The molecule has 1 aliphatic rings. The van der Waals surface area contributed by atoms with Crippen LogP contribution < -0.4 is 15.8 Å². The molecule has 4 nitrogen and oxygen atoms in total. The maximum atomic E-state index is 5.86. The molecule has 1 aromatic carbocycles. The minimum absolute atomic E-state index is 0.757. The van der Waals surface area contributed by atoms with Gasteiger partial charge >= 0.3 is 0 Å². The highest BCUT2D eigenvalue weighted by molar-refractivity contribution is 5.28. The van der Waals surface area contributed by atoms with E-state index in [1.165, 1.54) is 37.9 Å². The van der Waals surface area contributed by atoms with Gasteiger partial charge in [-0.1, -0.05) is 18.6 Å². The molecule has 22 heavy (non-hydrogen) atoms. The van der Waals surface area contributed by atoms with Crippen molar-refractivity contribution in [3.63, 3.8) is 0 Å². The van der Waals surface area contributed by atoms with Gasteiger partial charge < -0.3 is 15.8 Å². The van der Waals surface area contributed by atoms with E-state index in [-0.39, 0.29) is 0 Å². The fourth-order valence-corrected chi connectivity index (χ4v) is 2.85. The standard InChI is InChI=1S/C18H31N3O/c19-9-5-10-20-11-6-14-22-18-8-4-7-17(15-18)16-21-12-2-1-3-13-21/h4,7-8,15,20H,1-3,5-6,9-14,16,19H2. The maximum absolute atomic E-state index is 5.86. The average Bonchev–Trinajstić information content (AvgIpc) is 2.55. The Morgan fingerprint density at radius 2 is 1.91 bits per heavy atom. The lowest BCUT2D eigenvalue weighted by atomic mass is 10.1. The molecule has 1 saturated heterocycles. The summed E-state index contributed by atoms with van der Waals surface area (Å²) in [5.41, 5.74) is 6.82. The van der Waals surface area contributed by atoms with Crippen molar-refractivity contribution in [3.8, 4) is 5.75 Å². The first-order chi connectivity index (χ1) is 10.9. The second-order valence-corrected chi connectivity index (χ2v) is 6.08. The average molecular weight is 305 g/mol. The van der Waals surface area contributed by atoms with Crippen LogP contribution in [0.5, 0.6) is 5.75 Å². The van der Waals surface area contributed by atoms with Crippen molar-refractivity contribution < 1.29 is 4.74 Å². The summed E-state index contributed by atoms with van der Waals surface area (Å²) >= 11 is 0. The Labute approximate surface area is 135 Å². The van der Waals surface area contributed by atoms with Crippen molar-refractivity contribution in [2.75, 3.05) is 39.3 Å². The number of hydrogen-bond donors (Lipinski definition) is 2. The molecule has 0 aliphatic carbocycles. The molecular formula is C18H31N3O. The van der Waals surface area contributed by atoms with Crippen molar-refractivity contribution >= 4 is 0 Å². The van der Waals surface area contributed by atoms with Gasteiger partial charge in [-0.25, -0.2) is 0 Å². The van der Waals surface area contributed by atoms with E-state index in [1.54, 1.807) is 0 Å². The maximum Gasteiger partial charge on any atom is 0.119 e. The smallest absolute Gasteiger partial charge is 0.119 e. The minimum atomic E-state index is 0.757. The Morgan fingerprint density at radius 1 is 1.09 bits per heavy atom. The fraction of sp³-hybridized carbons (Fsp3) is 0.667. The summed E-state index contributed by atoms with van der Waals surface area (Å²) in [7, 11) is 0. The monoisotopic (exact) mass is 305 g/mol. The first-order valence-electron chi connectivity index (χ1n) is 8.73. The normalized spacial score (nSPS) is 15.9. The third-order valence-corrected chi connectivity index (χ3v) is 4.08. The highest BCUT2D eigenvalue weighted by Crippen LogP contribution is 2.17. The summed E-state index contributed by atoms with van der Waals surface area (Å²) < 4.78 is 5.86.